The first-order valence-corrected chi connectivity index (χ1v) is 8.76. The second-order valence-corrected chi connectivity index (χ2v) is 7.41. The van der Waals surface area contributed by atoms with Crippen LogP contribution >= 0.6 is 0 Å². The Hall–Kier alpha value is -1.59. The van der Waals surface area contributed by atoms with E-state index in [0.29, 0.717) is 6.54 Å². The highest BCUT2D eigenvalue weighted by atomic mass is 16.6. The third kappa shape index (κ3) is 5.80. The minimum absolute atomic E-state index is 0.117. The van der Waals surface area contributed by atoms with Crippen molar-refractivity contribution >= 4 is 6.09 Å². The Labute approximate surface area is 145 Å². The van der Waals surface area contributed by atoms with Crippen LogP contribution < -0.4 is 0 Å². The number of amides is 1. The lowest BCUT2D eigenvalue weighted by atomic mass is 10.1. The minimum atomic E-state index is -0.473. The summed E-state index contributed by atoms with van der Waals surface area (Å²) in [6.45, 7) is 8.68. The first kappa shape index (κ1) is 18.7. The standard InChI is InChI=1S/C19H30N2O3/c1-19(2,3)24-18(23)21-11-7-10-17(21)15-20(12-13-22)14-16-8-5-4-6-9-16/h4-6,8-9,17,22H,7,10-15H2,1-3H3/t17-/m0/s1. The second kappa shape index (κ2) is 8.49. The molecule has 1 aromatic rings. The van der Waals surface area contributed by atoms with Gasteiger partial charge in [0.1, 0.15) is 5.60 Å². The highest BCUT2D eigenvalue weighted by molar-refractivity contribution is 5.69. The quantitative estimate of drug-likeness (QED) is 0.869. The van der Waals surface area contributed by atoms with Gasteiger partial charge in [0, 0.05) is 32.2 Å². The Morgan fingerprint density at radius 1 is 1.33 bits per heavy atom. The lowest BCUT2D eigenvalue weighted by molar-refractivity contribution is 0.0189. The van der Waals surface area contributed by atoms with Gasteiger partial charge in [-0.2, -0.15) is 0 Å². The van der Waals surface area contributed by atoms with Crippen LogP contribution in [0.3, 0.4) is 0 Å². The molecule has 1 atom stereocenters. The van der Waals surface area contributed by atoms with E-state index >= 15 is 0 Å². The molecule has 1 amide bonds. The van der Waals surface area contributed by atoms with Gasteiger partial charge in [-0.3, -0.25) is 4.90 Å². The van der Waals surface area contributed by atoms with E-state index in [4.69, 9.17) is 4.74 Å². The number of hydrogen-bond donors (Lipinski definition) is 1. The average molecular weight is 334 g/mol. The van der Waals surface area contributed by atoms with Crippen LogP contribution in [0.2, 0.25) is 0 Å². The number of carbonyl (C=O) groups excluding carboxylic acids is 1. The summed E-state index contributed by atoms with van der Waals surface area (Å²) < 4.78 is 5.53. The van der Waals surface area contributed by atoms with E-state index < -0.39 is 5.60 Å². The number of aliphatic hydroxyl groups excluding tert-OH is 1. The molecular formula is C19H30N2O3. The highest BCUT2D eigenvalue weighted by Crippen LogP contribution is 2.22. The van der Waals surface area contributed by atoms with Gasteiger partial charge in [0.05, 0.1) is 6.61 Å². The predicted molar refractivity (Wildman–Crippen MR) is 94.8 cm³/mol. The molecule has 1 aliphatic rings. The highest BCUT2D eigenvalue weighted by Gasteiger charge is 2.33. The average Bonchev–Trinajstić information content (AvgIpc) is 2.95. The number of hydrogen-bond acceptors (Lipinski definition) is 4. The summed E-state index contributed by atoms with van der Waals surface area (Å²) in [5.41, 5.74) is 0.742. The number of nitrogens with zero attached hydrogens (tertiary/aromatic N) is 2. The molecule has 1 aliphatic heterocycles. The number of benzene rings is 1. The van der Waals surface area contributed by atoms with Crippen molar-refractivity contribution in [3.8, 4) is 0 Å². The molecule has 134 valence electrons. The van der Waals surface area contributed by atoms with Gasteiger partial charge in [-0.1, -0.05) is 30.3 Å². The van der Waals surface area contributed by atoms with Gasteiger partial charge in [0.15, 0.2) is 0 Å². The molecule has 5 nitrogen and oxygen atoms in total. The van der Waals surface area contributed by atoms with Crippen LogP contribution in [0, 0.1) is 0 Å². The monoisotopic (exact) mass is 334 g/mol. The van der Waals surface area contributed by atoms with Gasteiger partial charge in [-0.15, -0.1) is 0 Å². The summed E-state index contributed by atoms with van der Waals surface area (Å²) in [7, 11) is 0. The topological polar surface area (TPSA) is 53.0 Å². The van der Waals surface area contributed by atoms with E-state index in [1.807, 2.05) is 43.9 Å². The van der Waals surface area contributed by atoms with E-state index in [1.165, 1.54) is 5.56 Å². The molecule has 0 bridgehead atoms. The van der Waals surface area contributed by atoms with Gasteiger partial charge in [-0.25, -0.2) is 4.79 Å². The third-order valence-electron chi connectivity index (χ3n) is 4.14. The summed E-state index contributed by atoms with van der Waals surface area (Å²) in [5, 5.41) is 9.37. The van der Waals surface area contributed by atoms with E-state index in [-0.39, 0.29) is 18.7 Å². The summed E-state index contributed by atoms with van der Waals surface area (Å²) in [5.74, 6) is 0. The number of aliphatic hydroxyl groups is 1. The molecule has 0 radical (unpaired) electrons. The lowest BCUT2D eigenvalue weighted by Gasteiger charge is -2.32. The maximum atomic E-state index is 12.4. The predicted octanol–water partition coefficient (Wildman–Crippen LogP) is 2.88. The first-order chi connectivity index (χ1) is 11.4. The van der Waals surface area contributed by atoms with Gasteiger partial charge >= 0.3 is 6.09 Å². The van der Waals surface area contributed by atoms with Gasteiger partial charge in [-0.05, 0) is 39.2 Å². The lowest BCUT2D eigenvalue weighted by Crippen LogP contribution is -2.45. The molecule has 1 saturated heterocycles. The van der Waals surface area contributed by atoms with Crippen molar-refractivity contribution in [1.29, 1.82) is 0 Å². The Balaban J connectivity index is 1.98. The van der Waals surface area contributed by atoms with Crippen molar-refractivity contribution in [3.05, 3.63) is 35.9 Å². The molecule has 0 unspecified atom stereocenters. The largest absolute Gasteiger partial charge is 0.444 e. The molecule has 0 saturated carbocycles. The summed E-state index contributed by atoms with van der Waals surface area (Å²) in [4.78, 5) is 16.5. The maximum Gasteiger partial charge on any atom is 0.410 e. The summed E-state index contributed by atoms with van der Waals surface area (Å²) in [6, 6.07) is 10.4. The van der Waals surface area contributed by atoms with E-state index in [0.717, 1.165) is 32.5 Å². The van der Waals surface area contributed by atoms with E-state index in [2.05, 4.69) is 17.0 Å². The normalized spacial score (nSPS) is 18.2. The molecule has 1 N–H and O–H groups in total. The molecule has 5 heteroatoms. The fraction of sp³-hybridized carbons (Fsp3) is 0.632. The molecule has 1 aromatic carbocycles. The van der Waals surface area contributed by atoms with Crippen LogP contribution in [0.25, 0.3) is 0 Å². The zero-order chi connectivity index (χ0) is 17.6. The number of rotatable bonds is 6. The second-order valence-electron chi connectivity index (χ2n) is 7.41. The van der Waals surface area contributed by atoms with Crippen LogP contribution in [0.15, 0.2) is 30.3 Å². The Morgan fingerprint density at radius 3 is 2.67 bits per heavy atom. The smallest absolute Gasteiger partial charge is 0.410 e. The van der Waals surface area contributed by atoms with Crippen LogP contribution in [0.5, 0.6) is 0 Å². The van der Waals surface area contributed by atoms with Crippen LogP contribution in [-0.4, -0.2) is 58.9 Å². The molecule has 1 fully saturated rings. The summed E-state index contributed by atoms with van der Waals surface area (Å²) in [6.07, 6.45) is 1.76. The van der Waals surface area contributed by atoms with Crippen molar-refractivity contribution < 1.29 is 14.6 Å². The van der Waals surface area contributed by atoms with Crippen LogP contribution in [0.4, 0.5) is 4.79 Å². The van der Waals surface area contributed by atoms with E-state index in [9.17, 15) is 9.90 Å². The van der Waals surface area contributed by atoms with E-state index in [1.54, 1.807) is 0 Å². The SMILES string of the molecule is CC(C)(C)OC(=O)N1CCC[C@H]1CN(CCO)Cc1ccccc1. The zero-order valence-electron chi connectivity index (χ0n) is 15.1. The van der Waals surface area contributed by atoms with Crippen molar-refractivity contribution in [2.45, 2.75) is 51.8 Å². The van der Waals surface area contributed by atoms with Crippen molar-refractivity contribution in [2.75, 3.05) is 26.2 Å². The maximum absolute atomic E-state index is 12.4. The third-order valence-corrected chi connectivity index (χ3v) is 4.14. The molecule has 0 aromatic heterocycles. The van der Waals surface area contributed by atoms with Crippen LogP contribution in [0.1, 0.15) is 39.2 Å². The fourth-order valence-corrected chi connectivity index (χ4v) is 3.10. The molecular weight excluding hydrogens is 304 g/mol. The number of carbonyl (C=O) groups is 1. The van der Waals surface area contributed by atoms with Gasteiger partial charge in [0.2, 0.25) is 0 Å². The molecule has 2 rings (SSSR count). The van der Waals surface area contributed by atoms with Gasteiger partial charge < -0.3 is 14.7 Å². The van der Waals surface area contributed by atoms with Crippen LogP contribution in [-0.2, 0) is 11.3 Å². The first-order valence-electron chi connectivity index (χ1n) is 8.76. The Kier molecular flexibility index (Phi) is 6.63. The zero-order valence-corrected chi connectivity index (χ0v) is 15.1. The van der Waals surface area contributed by atoms with Gasteiger partial charge in [0.25, 0.3) is 0 Å². The molecule has 24 heavy (non-hydrogen) atoms. The molecule has 0 aliphatic carbocycles. The molecule has 0 spiro atoms. The summed E-state index contributed by atoms with van der Waals surface area (Å²) >= 11 is 0. The molecule has 1 heterocycles. The number of ether oxygens (including phenoxy) is 1. The fourth-order valence-electron chi connectivity index (χ4n) is 3.10. The number of likely N-dealkylation sites (tertiary alicyclic amines) is 1. The van der Waals surface area contributed by atoms with Crippen molar-refractivity contribution in [3.63, 3.8) is 0 Å². The Bertz CT molecular complexity index is 513. The van der Waals surface area contributed by atoms with Crippen molar-refractivity contribution in [2.24, 2.45) is 0 Å². The Morgan fingerprint density at radius 2 is 2.04 bits per heavy atom. The minimum Gasteiger partial charge on any atom is -0.444 e. The van der Waals surface area contributed by atoms with Crippen molar-refractivity contribution in [1.82, 2.24) is 9.80 Å².